The van der Waals surface area contributed by atoms with Crippen LogP contribution < -0.4 is 0 Å². The van der Waals surface area contributed by atoms with Crippen LogP contribution in [0.5, 0.6) is 0 Å². The minimum Gasteiger partial charge on any atom is -0.294 e. The van der Waals surface area contributed by atoms with E-state index >= 15 is 0 Å². The molecule has 2 atom stereocenters. The molecule has 20 heavy (non-hydrogen) atoms. The summed E-state index contributed by atoms with van der Waals surface area (Å²) in [7, 11) is 0. The van der Waals surface area contributed by atoms with E-state index in [1.807, 2.05) is 12.1 Å². The number of nitrogens with zero attached hydrogens (tertiary/aromatic N) is 1. The van der Waals surface area contributed by atoms with Crippen molar-refractivity contribution < 1.29 is 9.18 Å². The Bertz CT molecular complexity index is 653. The van der Waals surface area contributed by atoms with Crippen LogP contribution in [0.1, 0.15) is 19.4 Å². The molecule has 1 aliphatic rings. The second-order valence-electron chi connectivity index (χ2n) is 4.88. The standard InChI is InChI=1S/C16H13ClFNO/c1-10(20)12-8-14(17)16(2,18)13(9-19)15(12)11-6-4-3-5-7-11/h3-8,13H,1-2H3. The van der Waals surface area contributed by atoms with Crippen LogP contribution >= 0.6 is 11.6 Å². The SMILES string of the molecule is CC(=O)C1=C(c2ccccc2)C(C#N)C(C)(F)C(Cl)=C1. The molecule has 0 saturated heterocycles. The Morgan fingerprint density at radius 2 is 2.00 bits per heavy atom. The summed E-state index contributed by atoms with van der Waals surface area (Å²) in [6.45, 7) is 2.65. The zero-order valence-electron chi connectivity index (χ0n) is 11.2. The lowest BCUT2D eigenvalue weighted by atomic mass is 9.75. The van der Waals surface area contributed by atoms with Crippen molar-refractivity contribution in [3.05, 3.63) is 52.6 Å². The van der Waals surface area contributed by atoms with Crippen LogP contribution in [0.25, 0.3) is 5.57 Å². The normalized spacial score (nSPS) is 25.9. The van der Waals surface area contributed by atoms with Crippen molar-refractivity contribution in [1.82, 2.24) is 0 Å². The molecule has 0 amide bonds. The van der Waals surface area contributed by atoms with Crippen LogP contribution in [0.4, 0.5) is 4.39 Å². The smallest absolute Gasteiger partial charge is 0.163 e. The van der Waals surface area contributed by atoms with E-state index in [0.717, 1.165) is 0 Å². The van der Waals surface area contributed by atoms with E-state index in [1.165, 1.54) is 19.9 Å². The topological polar surface area (TPSA) is 40.9 Å². The Morgan fingerprint density at radius 3 is 2.50 bits per heavy atom. The fourth-order valence-electron chi connectivity index (χ4n) is 2.33. The van der Waals surface area contributed by atoms with Gasteiger partial charge in [0.2, 0.25) is 0 Å². The molecule has 0 N–H and O–H groups in total. The summed E-state index contributed by atoms with van der Waals surface area (Å²) in [4.78, 5) is 11.8. The molecule has 102 valence electrons. The molecule has 0 radical (unpaired) electrons. The van der Waals surface area contributed by atoms with Crippen LogP contribution in [-0.2, 0) is 4.79 Å². The summed E-state index contributed by atoms with van der Waals surface area (Å²) in [5.74, 6) is -1.35. The number of nitriles is 1. The van der Waals surface area contributed by atoms with E-state index in [0.29, 0.717) is 16.7 Å². The lowest BCUT2D eigenvalue weighted by Gasteiger charge is -2.32. The number of halogens is 2. The Morgan fingerprint density at radius 1 is 1.40 bits per heavy atom. The molecule has 1 aromatic rings. The lowest BCUT2D eigenvalue weighted by Crippen LogP contribution is -2.34. The minimum absolute atomic E-state index is 0.117. The van der Waals surface area contributed by atoms with Crippen molar-refractivity contribution in [1.29, 1.82) is 5.26 Å². The van der Waals surface area contributed by atoms with Crippen LogP contribution in [0.2, 0.25) is 0 Å². The van der Waals surface area contributed by atoms with E-state index in [1.54, 1.807) is 24.3 Å². The highest BCUT2D eigenvalue weighted by Crippen LogP contribution is 2.46. The van der Waals surface area contributed by atoms with Gasteiger partial charge in [0.15, 0.2) is 11.5 Å². The molecular formula is C16H13ClFNO. The van der Waals surface area contributed by atoms with Crippen molar-refractivity contribution >= 4 is 23.0 Å². The molecule has 0 bridgehead atoms. The summed E-state index contributed by atoms with van der Waals surface area (Å²) in [5.41, 5.74) is -0.646. The maximum atomic E-state index is 14.7. The first-order chi connectivity index (χ1) is 9.39. The summed E-state index contributed by atoms with van der Waals surface area (Å²) in [6.07, 6.45) is 1.33. The Balaban J connectivity index is 2.76. The average molecular weight is 290 g/mol. The molecule has 1 aliphatic carbocycles. The molecule has 0 spiro atoms. The van der Waals surface area contributed by atoms with E-state index in [-0.39, 0.29) is 10.8 Å². The minimum atomic E-state index is -2.00. The van der Waals surface area contributed by atoms with Gasteiger partial charge < -0.3 is 0 Å². The average Bonchev–Trinajstić information content (AvgIpc) is 2.41. The largest absolute Gasteiger partial charge is 0.294 e. The van der Waals surface area contributed by atoms with Crippen molar-refractivity contribution in [2.24, 2.45) is 5.92 Å². The van der Waals surface area contributed by atoms with Crippen LogP contribution in [-0.4, -0.2) is 11.5 Å². The lowest BCUT2D eigenvalue weighted by molar-refractivity contribution is -0.113. The van der Waals surface area contributed by atoms with Gasteiger partial charge in [-0.15, -0.1) is 0 Å². The summed E-state index contributed by atoms with van der Waals surface area (Å²) in [6, 6.07) is 10.8. The molecule has 4 heteroatoms. The van der Waals surface area contributed by atoms with Gasteiger partial charge in [0, 0.05) is 5.57 Å². The van der Waals surface area contributed by atoms with Gasteiger partial charge in [-0.3, -0.25) is 4.79 Å². The summed E-state index contributed by atoms with van der Waals surface area (Å²) >= 11 is 5.92. The number of alkyl halides is 1. The van der Waals surface area contributed by atoms with Crippen molar-refractivity contribution in [3.8, 4) is 6.07 Å². The molecule has 0 heterocycles. The number of allylic oxidation sites excluding steroid dienone is 4. The quantitative estimate of drug-likeness (QED) is 0.824. The summed E-state index contributed by atoms with van der Waals surface area (Å²) < 4.78 is 14.7. The van der Waals surface area contributed by atoms with Crippen LogP contribution in [0, 0.1) is 17.2 Å². The molecular weight excluding hydrogens is 277 g/mol. The molecule has 0 aromatic heterocycles. The zero-order chi connectivity index (χ0) is 14.9. The fourth-order valence-corrected chi connectivity index (χ4v) is 2.55. The van der Waals surface area contributed by atoms with Gasteiger partial charge in [0.25, 0.3) is 0 Å². The number of rotatable bonds is 2. The molecule has 2 unspecified atom stereocenters. The third-order valence-electron chi connectivity index (χ3n) is 3.45. The number of hydrogen-bond acceptors (Lipinski definition) is 2. The Kier molecular flexibility index (Phi) is 3.78. The zero-order valence-corrected chi connectivity index (χ0v) is 11.9. The molecule has 2 rings (SSSR count). The number of benzene rings is 1. The Hall–Kier alpha value is -1.92. The summed E-state index contributed by atoms with van der Waals surface area (Å²) in [5, 5.41) is 9.24. The predicted octanol–water partition coefficient (Wildman–Crippen LogP) is 4.03. The first-order valence-corrected chi connectivity index (χ1v) is 6.54. The van der Waals surface area contributed by atoms with Crippen LogP contribution in [0.3, 0.4) is 0 Å². The first kappa shape index (κ1) is 14.5. The Labute approximate surface area is 122 Å². The van der Waals surface area contributed by atoms with E-state index in [9.17, 15) is 14.4 Å². The maximum absolute atomic E-state index is 14.7. The third-order valence-corrected chi connectivity index (χ3v) is 3.93. The van der Waals surface area contributed by atoms with Gasteiger partial charge in [-0.25, -0.2) is 4.39 Å². The van der Waals surface area contributed by atoms with E-state index in [2.05, 4.69) is 0 Å². The van der Waals surface area contributed by atoms with E-state index < -0.39 is 11.6 Å². The van der Waals surface area contributed by atoms with E-state index in [4.69, 9.17) is 11.6 Å². The number of carbonyl (C=O) groups is 1. The van der Waals surface area contributed by atoms with Gasteiger partial charge >= 0.3 is 0 Å². The molecule has 0 saturated carbocycles. The highest BCUT2D eigenvalue weighted by atomic mass is 35.5. The van der Waals surface area contributed by atoms with Gasteiger partial charge in [-0.2, -0.15) is 5.26 Å². The number of ketones is 1. The monoisotopic (exact) mass is 289 g/mol. The predicted molar refractivity (Wildman–Crippen MR) is 76.6 cm³/mol. The number of hydrogen-bond donors (Lipinski definition) is 0. The first-order valence-electron chi connectivity index (χ1n) is 6.16. The number of Topliss-reactive ketones (excluding diaryl/α,β-unsaturated/α-hetero) is 1. The van der Waals surface area contributed by atoms with Crippen LogP contribution in [0.15, 0.2) is 47.0 Å². The molecule has 2 nitrogen and oxygen atoms in total. The molecule has 0 aliphatic heterocycles. The van der Waals surface area contributed by atoms with Gasteiger partial charge in [-0.05, 0) is 31.1 Å². The van der Waals surface area contributed by atoms with Crippen molar-refractivity contribution in [2.75, 3.05) is 0 Å². The fraction of sp³-hybridized carbons (Fsp3) is 0.250. The second kappa shape index (κ2) is 5.22. The van der Waals surface area contributed by atoms with Gasteiger partial charge in [0.05, 0.1) is 11.1 Å². The third kappa shape index (κ3) is 2.28. The molecule has 0 fully saturated rings. The highest BCUT2D eigenvalue weighted by molar-refractivity contribution is 6.32. The maximum Gasteiger partial charge on any atom is 0.163 e. The van der Waals surface area contributed by atoms with Gasteiger partial charge in [-0.1, -0.05) is 41.9 Å². The van der Waals surface area contributed by atoms with Crippen molar-refractivity contribution in [2.45, 2.75) is 19.5 Å². The second-order valence-corrected chi connectivity index (χ2v) is 5.29. The highest BCUT2D eigenvalue weighted by Gasteiger charge is 2.44. The van der Waals surface area contributed by atoms with Gasteiger partial charge in [0.1, 0.15) is 5.92 Å². The molecule has 1 aromatic carbocycles. The number of carbonyl (C=O) groups excluding carboxylic acids is 1. The van der Waals surface area contributed by atoms with Crippen molar-refractivity contribution in [3.63, 3.8) is 0 Å².